The summed E-state index contributed by atoms with van der Waals surface area (Å²) in [6.07, 6.45) is 0. The molecule has 0 bridgehead atoms. The zero-order valence-electron chi connectivity index (χ0n) is 20.2. The number of hydrogen-bond donors (Lipinski definition) is 0. The molecule has 2 heterocycles. The topological polar surface area (TPSA) is 77.5 Å². The predicted octanol–water partition coefficient (Wildman–Crippen LogP) is 2.74. The summed E-state index contributed by atoms with van der Waals surface area (Å²) in [6, 6.07) is 11.3. The Morgan fingerprint density at radius 2 is 1.50 bits per heavy atom. The molecule has 8 heteroatoms. The molecule has 0 saturated carbocycles. The van der Waals surface area contributed by atoms with E-state index in [9.17, 15) is 9.59 Å². The molecule has 182 valence electrons. The lowest BCUT2D eigenvalue weighted by Gasteiger charge is -2.31. The molecule has 34 heavy (non-hydrogen) atoms. The number of amides is 2. The number of aryl methyl sites for hydroxylation is 1. The molecule has 0 aliphatic carbocycles. The number of carbonyl (C=O) groups excluding carboxylic acids is 2. The number of hydrogen-bond acceptors (Lipinski definition) is 6. The van der Waals surface area contributed by atoms with Gasteiger partial charge in [0, 0.05) is 37.7 Å². The van der Waals surface area contributed by atoms with E-state index in [1.165, 1.54) is 0 Å². The third-order valence-corrected chi connectivity index (χ3v) is 6.66. The van der Waals surface area contributed by atoms with Crippen molar-refractivity contribution in [3.8, 4) is 17.2 Å². The van der Waals surface area contributed by atoms with Crippen molar-refractivity contribution in [3.05, 3.63) is 53.1 Å². The van der Waals surface area contributed by atoms with E-state index in [-0.39, 0.29) is 23.7 Å². The Hall–Kier alpha value is -3.26. The number of rotatable bonds is 6. The van der Waals surface area contributed by atoms with Gasteiger partial charge in [0.1, 0.15) is 0 Å². The molecule has 8 nitrogen and oxygen atoms in total. The summed E-state index contributed by atoms with van der Waals surface area (Å²) in [5, 5.41) is 0. The third-order valence-electron chi connectivity index (χ3n) is 6.66. The van der Waals surface area contributed by atoms with Crippen LogP contribution in [0.15, 0.2) is 36.4 Å². The molecule has 2 saturated heterocycles. The van der Waals surface area contributed by atoms with E-state index in [1.54, 1.807) is 26.2 Å². The highest BCUT2D eigenvalue weighted by Crippen LogP contribution is 2.43. The summed E-state index contributed by atoms with van der Waals surface area (Å²) in [5.41, 5.74) is 2.59. The van der Waals surface area contributed by atoms with E-state index in [0.29, 0.717) is 62.2 Å². The van der Waals surface area contributed by atoms with Crippen LogP contribution in [0.3, 0.4) is 0 Å². The highest BCUT2D eigenvalue weighted by atomic mass is 16.5. The van der Waals surface area contributed by atoms with Gasteiger partial charge in [-0.3, -0.25) is 9.59 Å². The minimum atomic E-state index is -0.379. The Morgan fingerprint density at radius 1 is 0.882 bits per heavy atom. The van der Waals surface area contributed by atoms with Crippen molar-refractivity contribution < 1.29 is 28.5 Å². The van der Waals surface area contributed by atoms with Gasteiger partial charge in [-0.15, -0.1) is 0 Å². The zero-order valence-corrected chi connectivity index (χ0v) is 20.2. The van der Waals surface area contributed by atoms with Crippen LogP contribution >= 0.6 is 0 Å². The molecule has 2 aliphatic rings. The van der Waals surface area contributed by atoms with Gasteiger partial charge in [0.25, 0.3) is 5.91 Å². The summed E-state index contributed by atoms with van der Waals surface area (Å²) in [5.74, 6) is 0.926. The van der Waals surface area contributed by atoms with Gasteiger partial charge in [0.15, 0.2) is 11.5 Å². The maximum absolute atomic E-state index is 13.6. The van der Waals surface area contributed by atoms with Gasteiger partial charge in [-0.25, -0.2) is 0 Å². The summed E-state index contributed by atoms with van der Waals surface area (Å²) in [4.78, 5) is 30.6. The molecule has 0 aromatic heterocycles. The number of morpholine rings is 1. The van der Waals surface area contributed by atoms with E-state index in [2.05, 4.69) is 0 Å². The standard InChI is InChI=1S/C26H32N2O6/c1-17-5-7-18(8-6-17)25(29)28-15-20(21(16-28)26(30)27-9-11-34-12-10-27)19-13-22(31-2)24(33-4)23(14-19)32-3/h5-8,13-14,20-21H,9-12,15-16H2,1-4H3. The van der Waals surface area contributed by atoms with Gasteiger partial charge < -0.3 is 28.7 Å². The highest BCUT2D eigenvalue weighted by molar-refractivity contribution is 5.95. The average molecular weight is 469 g/mol. The molecule has 2 unspecified atom stereocenters. The first kappa shape index (κ1) is 23.9. The second-order valence-corrected chi connectivity index (χ2v) is 8.69. The minimum Gasteiger partial charge on any atom is -0.493 e. The van der Waals surface area contributed by atoms with Crippen LogP contribution in [0.1, 0.15) is 27.4 Å². The van der Waals surface area contributed by atoms with Crippen molar-refractivity contribution in [2.75, 3.05) is 60.7 Å². The normalized spacial score (nSPS) is 20.2. The van der Waals surface area contributed by atoms with Crippen LogP contribution < -0.4 is 14.2 Å². The average Bonchev–Trinajstić information content (AvgIpc) is 3.33. The molecule has 2 atom stereocenters. The van der Waals surface area contributed by atoms with Gasteiger partial charge in [-0.1, -0.05) is 17.7 Å². The molecule has 2 aromatic carbocycles. The molecule has 0 spiro atoms. The second kappa shape index (κ2) is 10.3. The Labute approximate surface area is 200 Å². The SMILES string of the molecule is COc1cc(C2CN(C(=O)c3ccc(C)cc3)CC2C(=O)N2CCOCC2)cc(OC)c1OC. The predicted molar refractivity (Wildman–Crippen MR) is 127 cm³/mol. The highest BCUT2D eigenvalue weighted by Gasteiger charge is 2.43. The van der Waals surface area contributed by atoms with Gasteiger partial charge in [-0.2, -0.15) is 0 Å². The first-order valence-electron chi connectivity index (χ1n) is 11.5. The first-order valence-corrected chi connectivity index (χ1v) is 11.5. The largest absolute Gasteiger partial charge is 0.493 e. The number of carbonyl (C=O) groups is 2. The van der Waals surface area contributed by atoms with E-state index >= 15 is 0 Å². The molecular weight excluding hydrogens is 436 g/mol. The molecule has 2 amide bonds. The first-order chi connectivity index (χ1) is 16.5. The van der Waals surface area contributed by atoms with Gasteiger partial charge in [-0.05, 0) is 36.8 Å². The number of likely N-dealkylation sites (tertiary alicyclic amines) is 1. The van der Waals surface area contributed by atoms with Crippen LogP contribution in [0.4, 0.5) is 0 Å². The fourth-order valence-corrected chi connectivity index (χ4v) is 4.77. The Bertz CT molecular complexity index is 1010. The maximum atomic E-state index is 13.6. The molecule has 2 fully saturated rings. The fourth-order valence-electron chi connectivity index (χ4n) is 4.77. The van der Waals surface area contributed by atoms with Crippen molar-refractivity contribution in [3.63, 3.8) is 0 Å². The van der Waals surface area contributed by atoms with E-state index < -0.39 is 0 Å². The van der Waals surface area contributed by atoms with Crippen LogP contribution in [-0.2, 0) is 9.53 Å². The van der Waals surface area contributed by atoms with Gasteiger partial charge >= 0.3 is 0 Å². The third kappa shape index (κ3) is 4.68. The lowest BCUT2D eigenvalue weighted by molar-refractivity contribution is -0.139. The van der Waals surface area contributed by atoms with E-state index in [1.807, 2.05) is 48.2 Å². The number of methoxy groups -OCH3 is 3. The summed E-state index contributed by atoms with van der Waals surface area (Å²) >= 11 is 0. The molecule has 2 aliphatic heterocycles. The minimum absolute atomic E-state index is 0.0428. The summed E-state index contributed by atoms with van der Waals surface area (Å²) in [7, 11) is 4.70. The van der Waals surface area contributed by atoms with Crippen molar-refractivity contribution in [1.29, 1.82) is 0 Å². The van der Waals surface area contributed by atoms with Gasteiger partial charge in [0.05, 0.1) is 40.5 Å². The fraction of sp³-hybridized carbons (Fsp3) is 0.462. The molecular formula is C26H32N2O6. The Balaban J connectivity index is 1.69. The summed E-state index contributed by atoms with van der Waals surface area (Å²) in [6.45, 7) is 4.93. The van der Waals surface area contributed by atoms with E-state index in [0.717, 1.165) is 11.1 Å². The zero-order chi connectivity index (χ0) is 24.2. The monoisotopic (exact) mass is 468 g/mol. The van der Waals surface area contributed by atoms with Crippen LogP contribution in [0.2, 0.25) is 0 Å². The van der Waals surface area contributed by atoms with Crippen LogP contribution in [0.25, 0.3) is 0 Å². The second-order valence-electron chi connectivity index (χ2n) is 8.69. The van der Waals surface area contributed by atoms with Gasteiger partial charge in [0.2, 0.25) is 11.7 Å². The molecule has 0 radical (unpaired) electrons. The van der Waals surface area contributed by atoms with Crippen LogP contribution in [0, 0.1) is 12.8 Å². The number of benzene rings is 2. The van der Waals surface area contributed by atoms with E-state index in [4.69, 9.17) is 18.9 Å². The van der Waals surface area contributed by atoms with Crippen molar-refractivity contribution in [2.24, 2.45) is 5.92 Å². The Morgan fingerprint density at radius 3 is 2.06 bits per heavy atom. The molecule has 4 rings (SSSR count). The van der Waals surface area contributed by atoms with Crippen molar-refractivity contribution in [1.82, 2.24) is 9.80 Å². The van der Waals surface area contributed by atoms with Crippen molar-refractivity contribution in [2.45, 2.75) is 12.8 Å². The lowest BCUT2D eigenvalue weighted by atomic mass is 9.87. The smallest absolute Gasteiger partial charge is 0.253 e. The quantitative estimate of drug-likeness (QED) is 0.649. The maximum Gasteiger partial charge on any atom is 0.253 e. The number of nitrogens with zero attached hydrogens (tertiary/aromatic N) is 2. The summed E-state index contributed by atoms with van der Waals surface area (Å²) < 4.78 is 22.0. The lowest BCUT2D eigenvalue weighted by Crippen LogP contribution is -2.45. The molecule has 0 N–H and O–H groups in total. The molecule has 2 aromatic rings. The van der Waals surface area contributed by atoms with Crippen LogP contribution in [-0.4, -0.2) is 82.3 Å². The van der Waals surface area contributed by atoms with Crippen molar-refractivity contribution >= 4 is 11.8 Å². The van der Waals surface area contributed by atoms with Crippen LogP contribution in [0.5, 0.6) is 17.2 Å². The Kier molecular flexibility index (Phi) is 7.26. The number of ether oxygens (including phenoxy) is 4.